The molecule has 5 nitrogen and oxygen atoms in total. The highest BCUT2D eigenvalue weighted by Crippen LogP contribution is 2.32. The van der Waals surface area contributed by atoms with E-state index >= 15 is 0 Å². The predicted molar refractivity (Wildman–Crippen MR) is 93.0 cm³/mol. The van der Waals surface area contributed by atoms with Gasteiger partial charge < -0.3 is 14.2 Å². The first-order valence-electron chi connectivity index (χ1n) is 8.60. The van der Waals surface area contributed by atoms with Gasteiger partial charge in [-0.15, -0.1) is 0 Å². The molecule has 1 unspecified atom stereocenters. The van der Waals surface area contributed by atoms with Gasteiger partial charge in [0.05, 0.1) is 13.2 Å². The Kier molecular flexibility index (Phi) is 4.88. The highest BCUT2D eigenvalue weighted by molar-refractivity contribution is 5.77. The number of rotatable bonds is 5. The Balaban J connectivity index is 1.69. The Morgan fingerprint density at radius 1 is 1.42 bits per heavy atom. The summed E-state index contributed by atoms with van der Waals surface area (Å²) in [6, 6.07) is 6.26. The molecule has 0 saturated carbocycles. The predicted octanol–water partition coefficient (Wildman–Crippen LogP) is 2.99. The maximum Gasteiger partial charge on any atom is 0.224 e. The summed E-state index contributed by atoms with van der Waals surface area (Å²) >= 11 is 0. The van der Waals surface area contributed by atoms with Gasteiger partial charge in [-0.25, -0.2) is 4.98 Å². The summed E-state index contributed by atoms with van der Waals surface area (Å²) in [6.07, 6.45) is 6.05. The molecule has 1 amide bonds. The van der Waals surface area contributed by atoms with Crippen molar-refractivity contribution in [2.24, 2.45) is 0 Å². The third-order valence-corrected chi connectivity index (χ3v) is 4.90. The zero-order valence-corrected chi connectivity index (χ0v) is 14.7. The highest BCUT2D eigenvalue weighted by atomic mass is 16.5. The molecule has 0 radical (unpaired) electrons. The fourth-order valence-electron chi connectivity index (χ4n) is 3.48. The van der Waals surface area contributed by atoms with Gasteiger partial charge >= 0.3 is 0 Å². The lowest BCUT2D eigenvalue weighted by atomic mass is 9.93. The fourth-order valence-corrected chi connectivity index (χ4v) is 3.48. The van der Waals surface area contributed by atoms with Crippen LogP contribution in [-0.4, -0.2) is 34.0 Å². The second-order valence-electron chi connectivity index (χ2n) is 6.22. The maximum atomic E-state index is 12.7. The lowest BCUT2D eigenvalue weighted by Gasteiger charge is -2.35. The van der Waals surface area contributed by atoms with Crippen molar-refractivity contribution in [2.45, 2.75) is 45.7 Å². The zero-order valence-electron chi connectivity index (χ0n) is 14.7. The summed E-state index contributed by atoms with van der Waals surface area (Å²) < 4.78 is 7.41. The average molecular weight is 327 g/mol. The summed E-state index contributed by atoms with van der Waals surface area (Å²) in [5.41, 5.74) is 2.51. The van der Waals surface area contributed by atoms with Gasteiger partial charge in [0.2, 0.25) is 5.91 Å². The molecule has 0 saturated heterocycles. The van der Waals surface area contributed by atoms with E-state index < -0.39 is 0 Å². The molecule has 0 bridgehead atoms. The number of carbonyl (C=O) groups excluding carboxylic acids is 1. The smallest absolute Gasteiger partial charge is 0.224 e. The summed E-state index contributed by atoms with van der Waals surface area (Å²) in [6.45, 7) is 5.65. The average Bonchev–Trinajstić information content (AvgIpc) is 3.07. The van der Waals surface area contributed by atoms with Gasteiger partial charge in [-0.3, -0.25) is 4.79 Å². The summed E-state index contributed by atoms with van der Waals surface area (Å²) in [5.74, 6) is 2.08. The quantitative estimate of drug-likeness (QED) is 0.848. The Hall–Kier alpha value is -2.30. The molecule has 1 atom stereocenters. The van der Waals surface area contributed by atoms with Crippen LogP contribution in [0.5, 0.6) is 5.75 Å². The van der Waals surface area contributed by atoms with Crippen LogP contribution in [0.15, 0.2) is 30.6 Å². The summed E-state index contributed by atoms with van der Waals surface area (Å²) in [7, 11) is 1.68. The molecular formula is C19H25N3O2. The lowest BCUT2D eigenvalue weighted by Crippen LogP contribution is -2.39. The second kappa shape index (κ2) is 7.07. The van der Waals surface area contributed by atoms with Gasteiger partial charge in [0, 0.05) is 38.3 Å². The molecule has 0 aliphatic carbocycles. The van der Waals surface area contributed by atoms with Crippen LogP contribution in [0.3, 0.4) is 0 Å². The SMILES string of the molecule is CCc1nccn1CCC(=O)N1CCc2ccc(OC)cc2C1C. The van der Waals surface area contributed by atoms with Crippen LogP contribution in [0.4, 0.5) is 0 Å². The molecule has 1 aliphatic heterocycles. The van der Waals surface area contributed by atoms with Gasteiger partial charge in [-0.1, -0.05) is 13.0 Å². The lowest BCUT2D eigenvalue weighted by molar-refractivity contribution is -0.134. The van der Waals surface area contributed by atoms with Crippen molar-refractivity contribution in [1.29, 1.82) is 0 Å². The second-order valence-corrected chi connectivity index (χ2v) is 6.22. The van der Waals surface area contributed by atoms with Crippen LogP contribution in [0.25, 0.3) is 0 Å². The van der Waals surface area contributed by atoms with Gasteiger partial charge in [0.25, 0.3) is 0 Å². The molecule has 128 valence electrons. The minimum atomic E-state index is 0.0878. The molecule has 24 heavy (non-hydrogen) atoms. The third kappa shape index (κ3) is 3.16. The number of imidazole rings is 1. The number of aryl methyl sites for hydroxylation is 2. The van der Waals surface area contributed by atoms with E-state index in [1.54, 1.807) is 13.3 Å². The van der Waals surface area contributed by atoms with Crippen molar-refractivity contribution >= 4 is 5.91 Å². The number of aromatic nitrogens is 2. The van der Waals surface area contributed by atoms with Crippen LogP contribution in [-0.2, 0) is 24.2 Å². The van der Waals surface area contributed by atoms with E-state index in [9.17, 15) is 4.79 Å². The minimum Gasteiger partial charge on any atom is -0.497 e. The van der Waals surface area contributed by atoms with Gasteiger partial charge in [0.15, 0.2) is 0 Å². The van der Waals surface area contributed by atoms with Crippen molar-refractivity contribution in [2.75, 3.05) is 13.7 Å². The normalized spacial score (nSPS) is 16.8. The topological polar surface area (TPSA) is 47.4 Å². The first-order valence-corrected chi connectivity index (χ1v) is 8.60. The van der Waals surface area contributed by atoms with Crippen LogP contribution in [0.1, 0.15) is 43.3 Å². The molecule has 2 heterocycles. The monoisotopic (exact) mass is 327 g/mol. The molecular weight excluding hydrogens is 302 g/mol. The van der Waals surface area contributed by atoms with Crippen molar-refractivity contribution in [1.82, 2.24) is 14.5 Å². The number of methoxy groups -OCH3 is 1. The molecule has 0 N–H and O–H groups in total. The minimum absolute atomic E-state index is 0.0878. The van der Waals surface area contributed by atoms with Crippen molar-refractivity contribution < 1.29 is 9.53 Å². The van der Waals surface area contributed by atoms with Crippen LogP contribution >= 0.6 is 0 Å². The fraction of sp³-hybridized carbons (Fsp3) is 0.474. The van der Waals surface area contributed by atoms with Crippen molar-refractivity contribution in [3.63, 3.8) is 0 Å². The number of nitrogens with zero attached hydrogens (tertiary/aromatic N) is 3. The van der Waals surface area contributed by atoms with Gasteiger partial charge in [-0.05, 0) is 36.6 Å². The van der Waals surface area contributed by atoms with E-state index in [2.05, 4.69) is 35.5 Å². The standard InChI is InChI=1S/C19H25N3O2/c1-4-18-20-9-12-21(18)10-8-19(23)22-11-7-15-5-6-16(24-3)13-17(15)14(22)2/h5-6,9,12-14H,4,7-8,10-11H2,1-3H3. The van der Waals surface area contributed by atoms with E-state index in [4.69, 9.17) is 4.74 Å². The number of hydrogen-bond acceptors (Lipinski definition) is 3. The highest BCUT2D eigenvalue weighted by Gasteiger charge is 2.27. The first kappa shape index (κ1) is 16.6. The van der Waals surface area contributed by atoms with Crippen LogP contribution in [0.2, 0.25) is 0 Å². The van der Waals surface area contributed by atoms with Crippen molar-refractivity contribution in [3.8, 4) is 5.75 Å². The number of benzene rings is 1. The number of hydrogen-bond donors (Lipinski definition) is 0. The molecule has 5 heteroatoms. The van der Waals surface area contributed by atoms with E-state index in [0.29, 0.717) is 13.0 Å². The van der Waals surface area contributed by atoms with Crippen molar-refractivity contribution in [3.05, 3.63) is 47.5 Å². The zero-order chi connectivity index (χ0) is 17.1. The first-order chi connectivity index (χ1) is 11.6. The Bertz CT molecular complexity index is 723. The largest absolute Gasteiger partial charge is 0.497 e. The number of amides is 1. The number of carbonyl (C=O) groups is 1. The number of fused-ring (bicyclic) bond motifs is 1. The molecule has 3 rings (SSSR count). The van der Waals surface area contributed by atoms with E-state index in [1.807, 2.05) is 17.2 Å². The molecule has 0 fully saturated rings. The molecule has 1 aromatic heterocycles. The third-order valence-electron chi connectivity index (χ3n) is 4.90. The molecule has 1 aromatic carbocycles. The summed E-state index contributed by atoms with van der Waals surface area (Å²) in [4.78, 5) is 19.0. The van der Waals surface area contributed by atoms with Crippen LogP contribution in [0, 0.1) is 0 Å². The maximum absolute atomic E-state index is 12.7. The molecule has 0 spiro atoms. The Labute approximate surface area is 143 Å². The molecule has 2 aromatic rings. The Morgan fingerprint density at radius 3 is 3.00 bits per heavy atom. The van der Waals surface area contributed by atoms with E-state index in [0.717, 1.165) is 31.0 Å². The van der Waals surface area contributed by atoms with E-state index in [1.165, 1.54) is 11.1 Å². The van der Waals surface area contributed by atoms with E-state index in [-0.39, 0.29) is 11.9 Å². The molecule has 1 aliphatic rings. The Morgan fingerprint density at radius 2 is 2.25 bits per heavy atom. The van der Waals surface area contributed by atoms with Gasteiger partial charge in [-0.2, -0.15) is 0 Å². The van der Waals surface area contributed by atoms with Gasteiger partial charge in [0.1, 0.15) is 11.6 Å². The van der Waals surface area contributed by atoms with Crippen LogP contribution < -0.4 is 4.74 Å². The summed E-state index contributed by atoms with van der Waals surface area (Å²) in [5, 5.41) is 0. The number of ether oxygens (including phenoxy) is 1.